The van der Waals surface area contributed by atoms with E-state index >= 15 is 0 Å². The lowest BCUT2D eigenvalue weighted by Gasteiger charge is -2.13. The van der Waals surface area contributed by atoms with Gasteiger partial charge in [0.1, 0.15) is 0 Å². The van der Waals surface area contributed by atoms with E-state index in [0.29, 0.717) is 4.47 Å². The van der Waals surface area contributed by atoms with Crippen molar-refractivity contribution in [2.75, 3.05) is 7.11 Å². The molecular weight excluding hydrogens is 275 g/mol. The van der Waals surface area contributed by atoms with E-state index in [0.717, 1.165) is 6.07 Å². The minimum atomic E-state index is -4.35. The molecule has 0 saturated heterocycles. The van der Waals surface area contributed by atoms with E-state index in [1.807, 2.05) is 0 Å². The Bertz CT molecular complexity index is 341. The van der Waals surface area contributed by atoms with Gasteiger partial charge in [-0.1, -0.05) is 22.0 Å². The van der Waals surface area contributed by atoms with Crippen LogP contribution in [0.5, 0.6) is 0 Å². The van der Waals surface area contributed by atoms with E-state index in [1.54, 1.807) is 6.07 Å². The molecule has 84 valence electrons. The zero-order valence-corrected chi connectivity index (χ0v) is 9.45. The summed E-state index contributed by atoms with van der Waals surface area (Å²) in [6.07, 6.45) is -4.35. The quantitative estimate of drug-likeness (QED) is 0.861. The van der Waals surface area contributed by atoms with Crippen molar-refractivity contribution in [2.45, 2.75) is 12.7 Å². The summed E-state index contributed by atoms with van der Waals surface area (Å²) in [5.41, 5.74) is 1.86. The van der Waals surface area contributed by atoms with Crippen LogP contribution in [0.15, 0.2) is 22.7 Å². The Hall–Kier alpha value is -0.590. The molecule has 6 heteroatoms. The van der Waals surface area contributed by atoms with Crippen LogP contribution >= 0.6 is 15.9 Å². The maximum absolute atomic E-state index is 12.6. The fourth-order valence-corrected chi connectivity index (χ4v) is 1.48. The highest BCUT2D eigenvalue weighted by Crippen LogP contribution is 2.33. The normalized spacial score (nSPS) is 11.8. The molecule has 0 unspecified atom stereocenters. The first kappa shape index (κ1) is 12.5. The summed E-state index contributed by atoms with van der Waals surface area (Å²) < 4.78 is 38.1. The van der Waals surface area contributed by atoms with Crippen LogP contribution in [-0.2, 0) is 17.6 Å². The highest BCUT2D eigenvalue weighted by Gasteiger charge is 2.33. The molecule has 15 heavy (non-hydrogen) atoms. The second kappa shape index (κ2) is 4.96. The second-order valence-corrected chi connectivity index (χ2v) is 3.74. The third kappa shape index (κ3) is 3.48. The molecule has 0 fully saturated rings. The summed E-state index contributed by atoms with van der Waals surface area (Å²) in [6, 6.07) is 4.01. The monoisotopic (exact) mass is 283 g/mol. The molecular formula is C9H9BrF3NO. The lowest BCUT2D eigenvalue weighted by molar-refractivity contribution is -0.138. The van der Waals surface area contributed by atoms with Crippen molar-refractivity contribution in [3.63, 3.8) is 0 Å². The predicted molar refractivity (Wildman–Crippen MR) is 53.0 cm³/mol. The smallest absolute Gasteiger partial charge is 0.305 e. The lowest BCUT2D eigenvalue weighted by Crippen LogP contribution is -2.16. The molecule has 1 N–H and O–H groups in total. The molecule has 0 aliphatic carbocycles. The third-order valence-electron chi connectivity index (χ3n) is 1.78. The largest absolute Gasteiger partial charge is 0.416 e. The van der Waals surface area contributed by atoms with Gasteiger partial charge in [0.15, 0.2) is 0 Å². The van der Waals surface area contributed by atoms with Crippen LogP contribution in [0.1, 0.15) is 11.1 Å². The number of nitrogens with one attached hydrogen (secondary N) is 1. The molecule has 0 aromatic heterocycles. The molecule has 0 spiro atoms. The third-order valence-corrected chi connectivity index (χ3v) is 2.28. The molecule has 0 atom stereocenters. The van der Waals surface area contributed by atoms with E-state index in [-0.39, 0.29) is 12.1 Å². The van der Waals surface area contributed by atoms with Crippen LogP contribution < -0.4 is 5.48 Å². The minimum absolute atomic E-state index is 0.0125. The predicted octanol–water partition coefficient (Wildman–Crippen LogP) is 3.12. The molecule has 0 saturated carbocycles. The summed E-state index contributed by atoms with van der Waals surface area (Å²) in [5.74, 6) is 0. The first-order valence-corrected chi connectivity index (χ1v) is 4.86. The maximum Gasteiger partial charge on any atom is 0.416 e. The number of benzene rings is 1. The second-order valence-electron chi connectivity index (χ2n) is 2.82. The molecule has 0 heterocycles. The van der Waals surface area contributed by atoms with Crippen LogP contribution in [0.3, 0.4) is 0 Å². The number of hydrogen-bond donors (Lipinski definition) is 1. The number of hydroxylamine groups is 1. The molecule has 1 rings (SSSR count). The lowest BCUT2D eigenvalue weighted by atomic mass is 10.1. The molecule has 0 aliphatic rings. The Kier molecular flexibility index (Phi) is 4.12. The van der Waals surface area contributed by atoms with Crippen molar-refractivity contribution >= 4 is 15.9 Å². The van der Waals surface area contributed by atoms with Crippen molar-refractivity contribution in [1.29, 1.82) is 0 Å². The van der Waals surface area contributed by atoms with Gasteiger partial charge in [0.2, 0.25) is 0 Å². The summed E-state index contributed by atoms with van der Waals surface area (Å²) in [7, 11) is 1.35. The topological polar surface area (TPSA) is 21.3 Å². The Morgan fingerprint density at radius 2 is 2.07 bits per heavy atom. The number of halogens is 4. The highest BCUT2D eigenvalue weighted by atomic mass is 79.9. The number of alkyl halides is 3. The van der Waals surface area contributed by atoms with Gasteiger partial charge in [-0.3, -0.25) is 0 Å². The fourth-order valence-electron chi connectivity index (χ4n) is 1.12. The SMILES string of the molecule is CONCc1ccc(Br)cc1C(F)(F)F. The molecule has 0 radical (unpaired) electrons. The minimum Gasteiger partial charge on any atom is -0.305 e. The summed E-state index contributed by atoms with van der Waals surface area (Å²) >= 11 is 3.01. The first-order valence-electron chi connectivity index (χ1n) is 4.06. The van der Waals surface area contributed by atoms with Gasteiger partial charge in [0.05, 0.1) is 12.7 Å². The molecule has 0 bridgehead atoms. The highest BCUT2D eigenvalue weighted by molar-refractivity contribution is 9.10. The van der Waals surface area contributed by atoms with Crippen LogP contribution in [-0.4, -0.2) is 7.11 Å². The van der Waals surface area contributed by atoms with Gasteiger partial charge in [-0.2, -0.15) is 18.7 Å². The van der Waals surface area contributed by atoms with Crippen molar-refractivity contribution in [2.24, 2.45) is 0 Å². The van der Waals surface area contributed by atoms with Crippen LogP contribution in [0.25, 0.3) is 0 Å². The van der Waals surface area contributed by atoms with Gasteiger partial charge >= 0.3 is 6.18 Å². The van der Waals surface area contributed by atoms with Gasteiger partial charge in [-0.15, -0.1) is 0 Å². The van der Waals surface area contributed by atoms with Crippen LogP contribution in [0.2, 0.25) is 0 Å². The molecule has 0 amide bonds. The molecule has 0 aliphatic heterocycles. The van der Waals surface area contributed by atoms with Gasteiger partial charge in [0.25, 0.3) is 0 Å². The maximum atomic E-state index is 12.6. The van der Waals surface area contributed by atoms with Gasteiger partial charge in [-0.25, -0.2) is 0 Å². The van der Waals surface area contributed by atoms with E-state index < -0.39 is 11.7 Å². The zero-order chi connectivity index (χ0) is 11.5. The molecule has 1 aromatic carbocycles. The van der Waals surface area contributed by atoms with Crippen molar-refractivity contribution in [1.82, 2.24) is 5.48 Å². The zero-order valence-electron chi connectivity index (χ0n) is 7.86. The number of hydrogen-bond acceptors (Lipinski definition) is 2. The molecule has 2 nitrogen and oxygen atoms in total. The van der Waals surface area contributed by atoms with Gasteiger partial charge in [-0.05, 0) is 17.7 Å². The first-order chi connectivity index (χ1) is 6.95. The average molecular weight is 284 g/mol. The molecule has 1 aromatic rings. The van der Waals surface area contributed by atoms with Crippen LogP contribution in [0, 0.1) is 0 Å². The fraction of sp³-hybridized carbons (Fsp3) is 0.333. The van der Waals surface area contributed by atoms with Crippen LogP contribution in [0.4, 0.5) is 13.2 Å². The summed E-state index contributed by atoms with van der Waals surface area (Å²) in [5, 5.41) is 0. The number of rotatable bonds is 3. The van der Waals surface area contributed by atoms with E-state index in [2.05, 4.69) is 26.2 Å². The van der Waals surface area contributed by atoms with E-state index in [9.17, 15) is 13.2 Å². The van der Waals surface area contributed by atoms with E-state index in [4.69, 9.17) is 0 Å². The van der Waals surface area contributed by atoms with Crippen molar-refractivity contribution in [3.8, 4) is 0 Å². The Labute approximate surface area is 93.5 Å². The Morgan fingerprint density at radius 3 is 2.60 bits per heavy atom. The van der Waals surface area contributed by atoms with E-state index in [1.165, 1.54) is 13.2 Å². The average Bonchev–Trinajstić information content (AvgIpc) is 2.14. The van der Waals surface area contributed by atoms with Crippen molar-refractivity contribution in [3.05, 3.63) is 33.8 Å². The van der Waals surface area contributed by atoms with Gasteiger partial charge < -0.3 is 4.84 Å². The Balaban J connectivity index is 3.04. The van der Waals surface area contributed by atoms with Crippen molar-refractivity contribution < 1.29 is 18.0 Å². The van der Waals surface area contributed by atoms with Gasteiger partial charge in [0, 0.05) is 11.0 Å². The summed E-state index contributed by atoms with van der Waals surface area (Å²) in [4.78, 5) is 4.51. The Morgan fingerprint density at radius 1 is 1.40 bits per heavy atom. The standard InChI is InChI=1S/C9H9BrF3NO/c1-15-14-5-6-2-3-7(10)4-8(6)9(11,12)13/h2-4,14H,5H2,1H3. The summed E-state index contributed by atoms with van der Waals surface area (Å²) in [6.45, 7) is 0.0125.